The second-order valence-corrected chi connectivity index (χ2v) is 5.33. The van der Waals surface area contributed by atoms with E-state index in [1.54, 1.807) is 42.5 Å². The summed E-state index contributed by atoms with van der Waals surface area (Å²) in [7, 11) is 0. The molecule has 0 amide bonds. The number of aliphatic hydroxyl groups is 1. The lowest BCUT2D eigenvalue weighted by molar-refractivity contribution is 0.0627. The van der Waals surface area contributed by atoms with Crippen molar-refractivity contribution >= 4 is 28.9 Å². The zero-order valence-electron chi connectivity index (χ0n) is 11.1. The third-order valence-corrected chi connectivity index (χ3v) is 3.02. The van der Waals surface area contributed by atoms with E-state index in [9.17, 15) is 5.11 Å². The van der Waals surface area contributed by atoms with Crippen molar-refractivity contribution in [3.8, 4) is 11.5 Å². The number of anilines is 1. The van der Waals surface area contributed by atoms with Crippen molar-refractivity contribution in [2.75, 3.05) is 18.9 Å². The fraction of sp³-hybridized carbons (Fsp3) is 0.200. The molecule has 3 N–H and O–H groups in total. The van der Waals surface area contributed by atoms with E-state index in [0.717, 1.165) is 0 Å². The molecule has 0 heterocycles. The van der Waals surface area contributed by atoms with Crippen LogP contribution in [0.5, 0.6) is 11.5 Å². The van der Waals surface area contributed by atoms with Gasteiger partial charge in [-0.05, 0) is 30.3 Å². The highest BCUT2D eigenvalue weighted by Gasteiger charge is 2.08. The number of ether oxygens (including phenoxy) is 2. The van der Waals surface area contributed by atoms with E-state index in [-0.39, 0.29) is 13.2 Å². The zero-order valence-corrected chi connectivity index (χ0v) is 12.6. The highest BCUT2D eigenvalue weighted by molar-refractivity contribution is 6.34. The Balaban J connectivity index is 1.80. The predicted octanol–water partition coefficient (Wildman–Crippen LogP) is 3.39. The van der Waals surface area contributed by atoms with Crippen LogP contribution in [0.1, 0.15) is 0 Å². The van der Waals surface area contributed by atoms with E-state index in [2.05, 4.69) is 0 Å². The molecule has 0 bridgehead atoms. The normalized spacial score (nSPS) is 12.0. The van der Waals surface area contributed by atoms with Crippen LogP contribution in [0, 0.1) is 0 Å². The van der Waals surface area contributed by atoms with Crippen molar-refractivity contribution in [1.29, 1.82) is 0 Å². The Labute approximate surface area is 133 Å². The van der Waals surface area contributed by atoms with Gasteiger partial charge in [-0.25, -0.2) is 0 Å². The number of halogens is 2. The molecule has 0 radical (unpaired) electrons. The Kier molecular flexibility index (Phi) is 5.56. The van der Waals surface area contributed by atoms with Gasteiger partial charge in [0.15, 0.2) is 0 Å². The molecule has 0 aromatic heterocycles. The summed E-state index contributed by atoms with van der Waals surface area (Å²) in [6.07, 6.45) is -0.788. The van der Waals surface area contributed by atoms with E-state index in [1.165, 1.54) is 0 Å². The monoisotopic (exact) mass is 327 g/mol. The van der Waals surface area contributed by atoms with Crippen LogP contribution in [0.4, 0.5) is 5.69 Å². The van der Waals surface area contributed by atoms with Crippen LogP contribution in [0.3, 0.4) is 0 Å². The third-order valence-electron chi connectivity index (χ3n) is 2.58. The molecule has 0 saturated heterocycles. The lowest BCUT2D eigenvalue weighted by Gasteiger charge is -2.14. The Hall–Kier alpha value is -1.62. The highest BCUT2D eigenvalue weighted by Crippen LogP contribution is 2.24. The van der Waals surface area contributed by atoms with Crippen LogP contribution in [-0.2, 0) is 0 Å². The first-order valence-electron chi connectivity index (χ1n) is 6.28. The number of rotatable bonds is 6. The molecule has 2 aromatic rings. The number of aliphatic hydroxyl groups excluding tert-OH is 1. The van der Waals surface area contributed by atoms with Gasteiger partial charge >= 0.3 is 0 Å². The van der Waals surface area contributed by atoms with Crippen LogP contribution in [0.25, 0.3) is 0 Å². The van der Waals surface area contributed by atoms with Crippen molar-refractivity contribution < 1.29 is 14.6 Å². The molecule has 1 unspecified atom stereocenters. The molecule has 2 aromatic carbocycles. The van der Waals surface area contributed by atoms with Gasteiger partial charge in [0.05, 0.1) is 0 Å². The minimum atomic E-state index is -0.788. The summed E-state index contributed by atoms with van der Waals surface area (Å²) in [6.45, 7) is 0.163. The Morgan fingerprint density at radius 1 is 0.952 bits per heavy atom. The van der Waals surface area contributed by atoms with E-state index >= 15 is 0 Å². The lowest BCUT2D eigenvalue weighted by atomic mass is 10.3. The van der Waals surface area contributed by atoms with Crippen LogP contribution in [0.15, 0.2) is 42.5 Å². The van der Waals surface area contributed by atoms with Gasteiger partial charge in [0.2, 0.25) is 0 Å². The first-order chi connectivity index (χ1) is 10.0. The maximum absolute atomic E-state index is 9.83. The SMILES string of the molecule is Nc1cccc(OCC(O)COc2cc(Cl)cc(Cl)c2)c1. The van der Waals surface area contributed by atoms with Gasteiger partial charge in [-0.1, -0.05) is 29.3 Å². The molecule has 0 spiro atoms. The number of nitrogens with two attached hydrogens (primary N) is 1. The topological polar surface area (TPSA) is 64.7 Å². The molecule has 0 aliphatic carbocycles. The van der Waals surface area contributed by atoms with Crippen LogP contribution >= 0.6 is 23.2 Å². The number of nitrogen functional groups attached to an aromatic ring is 1. The largest absolute Gasteiger partial charge is 0.491 e. The van der Waals surface area contributed by atoms with E-state index in [1.807, 2.05) is 0 Å². The smallest absolute Gasteiger partial charge is 0.122 e. The summed E-state index contributed by atoms with van der Waals surface area (Å²) in [4.78, 5) is 0. The number of benzene rings is 2. The second kappa shape index (κ2) is 7.41. The molecule has 2 rings (SSSR count). The van der Waals surface area contributed by atoms with Crippen LogP contribution in [0.2, 0.25) is 10.0 Å². The van der Waals surface area contributed by atoms with Crippen molar-refractivity contribution in [3.63, 3.8) is 0 Å². The highest BCUT2D eigenvalue weighted by atomic mass is 35.5. The van der Waals surface area contributed by atoms with Crippen LogP contribution in [-0.4, -0.2) is 24.4 Å². The van der Waals surface area contributed by atoms with E-state index in [4.69, 9.17) is 38.4 Å². The summed E-state index contributed by atoms with van der Waals surface area (Å²) >= 11 is 11.7. The zero-order chi connectivity index (χ0) is 15.2. The minimum Gasteiger partial charge on any atom is -0.491 e. The summed E-state index contributed by atoms with van der Waals surface area (Å²) in [6, 6.07) is 11.8. The summed E-state index contributed by atoms with van der Waals surface area (Å²) in [5.41, 5.74) is 6.24. The number of hydrogen-bond acceptors (Lipinski definition) is 4. The van der Waals surface area contributed by atoms with Gasteiger partial charge in [0, 0.05) is 21.8 Å². The summed E-state index contributed by atoms with van der Waals surface area (Å²) in [5.74, 6) is 1.09. The van der Waals surface area contributed by atoms with Gasteiger partial charge in [0.1, 0.15) is 30.8 Å². The quantitative estimate of drug-likeness (QED) is 0.798. The molecule has 0 aliphatic rings. The van der Waals surface area contributed by atoms with Gasteiger partial charge in [-0.2, -0.15) is 0 Å². The molecule has 21 heavy (non-hydrogen) atoms. The molecular weight excluding hydrogens is 313 g/mol. The molecule has 1 atom stereocenters. The Morgan fingerprint density at radius 2 is 1.57 bits per heavy atom. The first kappa shape index (κ1) is 15.8. The van der Waals surface area contributed by atoms with Crippen molar-refractivity contribution in [2.24, 2.45) is 0 Å². The molecule has 112 valence electrons. The Morgan fingerprint density at radius 3 is 2.19 bits per heavy atom. The number of hydrogen-bond donors (Lipinski definition) is 2. The second-order valence-electron chi connectivity index (χ2n) is 4.45. The van der Waals surface area contributed by atoms with Crippen molar-refractivity contribution in [3.05, 3.63) is 52.5 Å². The van der Waals surface area contributed by atoms with Gasteiger partial charge in [-0.15, -0.1) is 0 Å². The fourth-order valence-corrected chi connectivity index (χ4v) is 2.16. The molecule has 0 fully saturated rings. The van der Waals surface area contributed by atoms with E-state index < -0.39 is 6.10 Å². The maximum Gasteiger partial charge on any atom is 0.122 e. The third kappa shape index (κ3) is 5.34. The van der Waals surface area contributed by atoms with E-state index in [0.29, 0.717) is 27.2 Å². The summed E-state index contributed by atoms with van der Waals surface area (Å²) < 4.78 is 10.8. The van der Waals surface area contributed by atoms with Crippen LogP contribution < -0.4 is 15.2 Å². The molecule has 4 nitrogen and oxygen atoms in total. The average molecular weight is 328 g/mol. The van der Waals surface area contributed by atoms with Crippen molar-refractivity contribution in [2.45, 2.75) is 6.10 Å². The van der Waals surface area contributed by atoms with Gasteiger partial charge < -0.3 is 20.3 Å². The Bertz CT molecular complexity index is 587. The minimum absolute atomic E-state index is 0.0684. The standard InChI is InChI=1S/C15H15Cl2NO3/c16-10-4-11(17)6-15(5-10)21-9-13(19)8-20-14-3-1-2-12(18)7-14/h1-7,13,19H,8-9,18H2. The van der Waals surface area contributed by atoms with Crippen molar-refractivity contribution in [1.82, 2.24) is 0 Å². The molecule has 6 heteroatoms. The van der Waals surface area contributed by atoms with Gasteiger partial charge in [-0.3, -0.25) is 0 Å². The average Bonchev–Trinajstić information content (AvgIpc) is 2.42. The molecule has 0 aliphatic heterocycles. The predicted molar refractivity (Wildman–Crippen MR) is 84.3 cm³/mol. The first-order valence-corrected chi connectivity index (χ1v) is 7.04. The lowest BCUT2D eigenvalue weighted by Crippen LogP contribution is -2.25. The van der Waals surface area contributed by atoms with Gasteiger partial charge in [0.25, 0.3) is 0 Å². The molecule has 0 saturated carbocycles. The summed E-state index contributed by atoms with van der Waals surface area (Å²) in [5, 5.41) is 10.8. The maximum atomic E-state index is 9.83. The molecular formula is C15H15Cl2NO3. The fourth-order valence-electron chi connectivity index (χ4n) is 1.65.